The summed E-state index contributed by atoms with van der Waals surface area (Å²) < 4.78 is 0. The number of anilines is 2. The maximum atomic E-state index is 10.8. The molecule has 1 heterocycles. The van der Waals surface area contributed by atoms with Gasteiger partial charge < -0.3 is 5.73 Å². The first kappa shape index (κ1) is 7.88. The van der Waals surface area contributed by atoms with Gasteiger partial charge in [0.2, 0.25) is 5.91 Å². The molecule has 1 aromatic rings. The number of nitrogens with zero attached hydrogens (tertiary/aromatic N) is 1. The van der Waals surface area contributed by atoms with Crippen molar-refractivity contribution in [3.8, 4) is 0 Å². The molecule has 0 atom stereocenters. The summed E-state index contributed by atoms with van der Waals surface area (Å²) in [6.07, 6.45) is 0. The van der Waals surface area contributed by atoms with Gasteiger partial charge in [0.05, 0.1) is 11.4 Å². The number of carbonyl (C=O) groups excluding carboxylic acids is 1. The number of hydrogen-bond donors (Lipinski definition) is 2. The van der Waals surface area contributed by atoms with Crippen molar-refractivity contribution in [2.75, 3.05) is 17.6 Å². The van der Waals surface area contributed by atoms with Crippen LogP contribution in [0.5, 0.6) is 0 Å². The van der Waals surface area contributed by atoms with Crippen molar-refractivity contribution >= 4 is 17.3 Å². The summed E-state index contributed by atoms with van der Waals surface area (Å²) in [5.41, 5.74) is 9.92. The number of benzene rings is 1. The molecule has 1 amide bonds. The second-order valence-electron chi connectivity index (χ2n) is 2.79. The average molecular weight is 179 g/mol. The largest absolute Gasteiger partial charge is 0.366 e. The molecule has 1 aliphatic heterocycles. The molecule has 0 saturated heterocycles. The van der Waals surface area contributed by atoms with E-state index in [0.29, 0.717) is 5.56 Å². The molecular weight excluding hydrogens is 170 g/mol. The molecular formula is C8H9N3O2. The highest BCUT2D eigenvalue weighted by molar-refractivity contribution is 5.95. The van der Waals surface area contributed by atoms with E-state index in [1.807, 2.05) is 0 Å². The first-order valence-electron chi connectivity index (χ1n) is 3.79. The monoisotopic (exact) mass is 179 g/mol. The van der Waals surface area contributed by atoms with Crippen molar-refractivity contribution in [2.24, 2.45) is 5.73 Å². The number of nitrogens with two attached hydrogens (primary N) is 1. The lowest BCUT2D eigenvalue weighted by Gasteiger charge is -2.07. The number of fused-ring (bicyclic) bond motifs is 1. The Balaban J connectivity index is 2.47. The van der Waals surface area contributed by atoms with Crippen LogP contribution >= 0.6 is 0 Å². The predicted octanol–water partition coefficient (Wildman–Crippen LogP) is 0.494. The van der Waals surface area contributed by atoms with Gasteiger partial charge in [-0.05, 0) is 18.2 Å². The maximum Gasteiger partial charge on any atom is 0.248 e. The van der Waals surface area contributed by atoms with E-state index < -0.39 is 5.91 Å². The summed E-state index contributed by atoms with van der Waals surface area (Å²) in [6.45, 7) is 0. The summed E-state index contributed by atoms with van der Waals surface area (Å²) in [6, 6.07) is 5.08. The number of hydroxylamine groups is 1. The van der Waals surface area contributed by atoms with Gasteiger partial charge in [-0.2, -0.15) is 4.94 Å². The minimum Gasteiger partial charge on any atom is -0.366 e. The van der Waals surface area contributed by atoms with Gasteiger partial charge in [-0.25, -0.2) is 10.5 Å². The zero-order valence-corrected chi connectivity index (χ0v) is 7.07. The van der Waals surface area contributed by atoms with Gasteiger partial charge in [-0.15, -0.1) is 0 Å². The van der Waals surface area contributed by atoms with Crippen LogP contribution in [-0.2, 0) is 4.94 Å². The van der Waals surface area contributed by atoms with Gasteiger partial charge in [-0.1, -0.05) is 0 Å². The van der Waals surface area contributed by atoms with Crippen molar-refractivity contribution in [2.45, 2.75) is 0 Å². The van der Waals surface area contributed by atoms with Crippen LogP contribution in [-0.4, -0.2) is 13.0 Å². The minimum absolute atomic E-state index is 0.442. The van der Waals surface area contributed by atoms with Crippen molar-refractivity contribution in [3.63, 3.8) is 0 Å². The number of hydrogen-bond acceptors (Lipinski definition) is 4. The second kappa shape index (κ2) is 2.63. The van der Waals surface area contributed by atoms with Crippen LogP contribution in [0, 0.1) is 0 Å². The number of rotatable bonds is 1. The van der Waals surface area contributed by atoms with Crippen LogP contribution in [0.25, 0.3) is 0 Å². The van der Waals surface area contributed by atoms with E-state index in [2.05, 4.69) is 5.48 Å². The van der Waals surface area contributed by atoms with Crippen molar-refractivity contribution in [3.05, 3.63) is 23.8 Å². The second-order valence-corrected chi connectivity index (χ2v) is 2.79. The third-order valence-corrected chi connectivity index (χ3v) is 1.91. The number of primary amides is 1. The molecule has 1 aromatic carbocycles. The van der Waals surface area contributed by atoms with Gasteiger partial charge >= 0.3 is 0 Å². The Labute approximate surface area is 75.0 Å². The Bertz CT molecular complexity index is 364. The highest BCUT2D eigenvalue weighted by Gasteiger charge is 2.17. The molecule has 3 N–H and O–H groups in total. The van der Waals surface area contributed by atoms with Crippen LogP contribution in [0.1, 0.15) is 10.4 Å². The van der Waals surface area contributed by atoms with Crippen LogP contribution in [0.4, 0.5) is 11.4 Å². The molecule has 2 rings (SSSR count). The lowest BCUT2D eigenvalue weighted by Crippen LogP contribution is -2.14. The molecule has 5 heteroatoms. The Morgan fingerprint density at radius 2 is 2.38 bits per heavy atom. The lowest BCUT2D eigenvalue weighted by molar-refractivity contribution is 0.100. The molecule has 1 aliphatic rings. The molecule has 0 aliphatic carbocycles. The fourth-order valence-corrected chi connectivity index (χ4v) is 1.20. The summed E-state index contributed by atoms with van der Waals surface area (Å²) in [5, 5.41) is 1.53. The molecule has 0 spiro atoms. The smallest absolute Gasteiger partial charge is 0.248 e. The number of amides is 1. The Kier molecular flexibility index (Phi) is 1.60. The topological polar surface area (TPSA) is 67.6 Å². The fraction of sp³-hybridized carbons (Fsp3) is 0.125. The summed E-state index contributed by atoms with van der Waals surface area (Å²) in [7, 11) is 1.74. The van der Waals surface area contributed by atoms with Crippen LogP contribution in [0.2, 0.25) is 0 Å². The highest BCUT2D eigenvalue weighted by atomic mass is 16.8. The number of carbonyl (C=O) groups is 1. The number of nitrogens with one attached hydrogen (secondary N) is 1. The Morgan fingerprint density at radius 3 is 3.08 bits per heavy atom. The van der Waals surface area contributed by atoms with Crippen molar-refractivity contribution < 1.29 is 9.73 Å². The molecule has 68 valence electrons. The Morgan fingerprint density at radius 1 is 1.62 bits per heavy atom. The van der Waals surface area contributed by atoms with Crippen molar-refractivity contribution in [1.29, 1.82) is 0 Å². The first-order valence-corrected chi connectivity index (χ1v) is 3.79. The third kappa shape index (κ3) is 1.19. The normalized spacial score (nSPS) is 13.8. The van der Waals surface area contributed by atoms with Crippen LogP contribution < -0.4 is 16.3 Å². The highest BCUT2D eigenvalue weighted by Crippen LogP contribution is 2.31. The van der Waals surface area contributed by atoms with Gasteiger partial charge in [0.25, 0.3) is 0 Å². The molecule has 0 bridgehead atoms. The van der Waals surface area contributed by atoms with Gasteiger partial charge in [0, 0.05) is 12.6 Å². The molecule has 0 unspecified atom stereocenters. The lowest BCUT2D eigenvalue weighted by atomic mass is 10.1. The van der Waals surface area contributed by atoms with E-state index in [1.165, 1.54) is 5.06 Å². The van der Waals surface area contributed by atoms with Gasteiger partial charge in [0.1, 0.15) is 0 Å². The van der Waals surface area contributed by atoms with E-state index in [-0.39, 0.29) is 0 Å². The summed E-state index contributed by atoms with van der Waals surface area (Å²) in [5.74, 6) is -0.442. The average Bonchev–Trinajstić information content (AvgIpc) is 2.47. The minimum atomic E-state index is -0.442. The van der Waals surface area contributed by atoms with Crippen LogP contribution in [0.15, 0.2) is 18.2 Å². The van der Waals surface area contributed by atoms with E-state index >= 15 is 0 Å². The molecule has 0 fully saturated rings. The standard InChI is InChI=1S/C8H9N3O2/c1-11-7-4-5(8(9)12)2-3-6(7)10-13-11/h2-4,10H,1H3,(H2,9,12). The van der Waals surface area contributed by atoms with Crippen LogP contribution in [0.3, 0.4) is 0 Å². The quantitative estimate of drug-likeness (QED) is 0.658. The Hall–Kier alpha value is -1.75. The predicted molar refractivity (Wildman–Crippen MR) is 48.1 cm³/mol. The molecule has 13 heavy (non-hydrogen) atoms. The molecule has 0 saturated carbocycles. The zero-order chi connectivity index (χ0) is 9.42. The van der Waals surface area contributed by atoms with Gasteiger partial charge in [-0.3, -0.25) is 4.79 Å². The SMILES string of the molecule is CN1ONc2ccc(C(N)=O)cc21. The van der Waals surface area contributed by atoms with E-state index in [9.17, 15) is 4.79 Å². The first-order chi connectivity index (χ1) is 6.18. The summed E-state index contributed by atoms with van der Waals surface area (Å²) in [4.78, 5) is 15.8. The third-order valence-electron chi connectivity index (χ3n) is 1.91. The van der Waals surface area contributed by atoms with Gasteiger partial charge in [0.15, 0.2) is 0 Å². The molecule has 5 nitrogen and oxygen atoms in total. The zero-order valence-electron chi connectivity index (χ0n) is 7.07. The fourth-order valence-electron chi connectivity index (χ4n) is 1.20. The maximum absolute atomic E-state index is 10.8. The summed E-state index contributed by atoms with van der Waals surface area (Å²) >= 11 is 0. The van der Waals surface area contributed by atoms with E-state index in [1.54, 1.807) is 25.2 Å². The van der Waals surface area contributed by atoms with Crippen molar-refractivity contribution in [1.82, 2.24) is 0 Å². The molecule has 0 radical (unpaired) electrons. The van der Waals surface area contributed by atoms with E-state index in [0.717, 1.165) is 11.4 Å². The van der Waals surface area contributed by atoms with E-state index in [4.69, 9.17) is 10.7 Å². The molecule has 0 aromatic heterocycles.